The summed E-state index contributed by atoms with van der Waals surface area (Å²) in [5.41, 5.74) is 0.310. The summed E-state index contributed by atoms with van der Waals surface area (Å²) in [6, 6.07) is 5.43. The first-order valence-corrected chi connectivity index (χ1v) is 10.9. The highest BCUT2D eigenvalue weighted by Crippen LogP contribution is 2.25. The Morgan fingerprint density at radius 2 is 1.82 bits per heavy atom. The number of carbonyl (C=O) groups excluding carboxylic acids is 4. The predicted molar refractivity (Wildman–Crippen MR) is 125 cm³/mol. The van der Waals surface area contributed by atoms with Crippen molar-refractivity contribution >= 4 is 40.9 Å². The number of benzene rings is 1. The number of ether oxygens (including phenoxy) is 2. The fraction of sp³-hybridized carbons (Fsp3) is 0.318. The minimum Gasteiger partial charge on any atom is -0.464 e. The van der Waals surface area contributed by atoms with Gasteiger partial charge < -0.3 is 25.2 Å². The van der Waals surface area contributed by atoms with E-state index in [-0.39, 0.29) is 11.4 Å². The minimum absolute atomic E-state index is 0.0361. The van der Waals surface area contributed by atoms with Crippen molar-refractivity contribution in [1.29, 1.82) is 0 Å². The number of thiazole rings is 1. The highest BCUT2D eigenvalue weighted by Gasteiger charge is 2.24. The maximum atomic E-state index is 12.5. The first kappa shape index (κ1) is 26.5. The number of aromatic nitrogens is 1. The molecule has 1 heterocycles. The number of amides is 3. The van der Waals surface area contributed by atoms with Crippen molar-refractivity contribution < 1.29 is 33.8 Å². The molecule has 1 aromatic carbocycles. The average molecular weight is 491 g/mol. The maximum Gasteiger partial charge on any atom is 0.412 e. The fourth-order valence-corrected chi connectivity index (χ4v) is 3.27. The van der Waals surface area contributed by atoms with Gasteiger partial charge in [-0.1, -0.05) is 6.58 Å². The molecule has 0 aliphatic rings. The lowest BCUT2D eigenvalue weighted by Gasteiger charge is -2.19. The van der Waals surface area contributed by atoms with Crippen molar-refractivity contribution in [3.8, 4) is 10.6 Å². The molecule has 4 N–H and O–H groups in total. The third kappa shape index (κ3) is 7.67. The van der Waals surface area contributed by atoms with Crippen LogP contribution >= 0.6 is 11.3 Å². The van der Waals surface area contributed by atoms with Gasteiger partial charge in [0.05, 0.1) is 13.7 Å². The number of aliphatic hydroxyl groups is 1. The number of anilines is 1. The van der Waals surface area contributed by atoms with E-state index in [1.807, 2.05) is 0 Å². The zero-order valence-corrected chi connectivity index (χ0v) is 19.9. The normalized spacial score (nSPS) is 11.7. The SMILES string of the molecule is C=C(NC(=O)C(CO)NC(=O)c1csc(-c2ccc(NC(=O)OC(C)(C)C)cc2)n1)C(=O)OC. The van der Waals surface area contributed by atoms with Gasteiger partial charge in [0.25, 0.3) is 5.91 Å². The number of methoxy groups -OCH3 is 1. The molecule has 182 valence electrons. The molecule has 0 saturated carbocycles. The molecule has 0 saturated heterocycles. The average Bonchev–Trinajstić information content (AvgIpc) is 3.26. The first-order chi connectivity index (χ1) is 15.9. The van der Waals surface area contributed by atoms with E-state index in [1.54, 1.807) is 45.0 Å². The van der Waals surface area contributed by atoms with Gasteiger partial charge in [-0.05, 0) is 45.0 Å². The van der Waals surface area contributed by atoms with Crippen molar-refractivity contribution in [2.75, 3.05) is 19.0 Å². The van der Waals surface area contributed by atoms with Gasteiger partial charge >= 0.3 is 12.1 Å². The van der Waals surface area contributed by atoms with Crippen molar-refractivity contribution in [3.63, 3.8) is 0 Å². The van der Waals surface area contributed by atoms with Gasteiger partial charge in [-0.3, -0.25) is 14.9 Å². The molecule has 12 heteroatoms. The Labute approximate surface area is 200 Å². The summed E-state index contributed by atoms with van der Waals surface area (Å²) in [6.07, 6.45) is -0.578. The Morgan fingerprint density at radius 1 is 1.18 bits per heavy atom. The van der Waals surface area contributed by atoms with E-state index in [2.05, 4.69) is 32.3 Å². The summed E-state index contributed by atoms with van der Waals surface area (Å²) in [5, 5.41) is 18.6. The molecule has 2 aromatic rings. The number of hydrogen-bond acceptors (Lipinski definition) is 9. The summed E-state index contributed by atoms with van der Waals surface area (Å²) in [7, 11) is 1.12. The van der Waals surface area contributed by atoms with E-state index in [0.717, 1.165) is 7.11 Å². The zero-order valence-electron chi connectivity index (χ0n) is 19.1. The van der Waals surface area contributed by atoms with Crippen LogP contribution in [0.1, 0.15) is 31.3 Å². The Bertz CT molecular complexity index is 1070. The van der Waals surface area contributed by atoms with E-state index in [9.17, 15) is 24.3 Å². The molecule has 1 unspecified atom stereocenters. The van der Waals surface area contributed by atoms with Crippen molar-refractivity contribution in [1.82, 2.24) is 15.6 Å². The fourth-order valence-electron chi connectivity index (χ4n) is 2.46. The summed E-state index contributed by atoms with van der Waals surface area (Å²) >= 11 is 1.20. The summed E-state index contributed by atoms with van der Waals surface area (Å²) in [5.74, 6) is -2.38. The Hall–Kier alpha value is -3.77. The molecule has 1 atom stereocenters. The number of esters is 1. The number of nitrogens with one attached hydrogen (secondary N) is 3. The smallest absolute Gasteiger partial charge is 0.412 e. The predicted octanol–water partition coefficient (Wildman–Crippen LogP) is 2.05. The van der Waals surface area contributed by atoms with Crippen LogP contribution in [0, 0.1) is 0 Å². The molecule has 11 nitrogen and oxygen atoms in total. The molecular formula is C22H26N4O7S. The number of aliphatic hydroxyl groups excluding tert-OH is 1. The Kier molecular flexibility index (Phi) is 8.87. The number of hydrogen-bond donors (Lipinski definition) is 4. The van der Waals surface area contributed by atoms with Gasteiger partial charge in [-0.2, -0.15) is 0 Å². The molecule has 0 aliphatic carbocycles. The van der Waals surface area contributed by atoms with Crippen LogP contribution < -0.4 is 16.0 Å². The van der Waals surface area contributed by atoms with E-state index in [4.69, 9.17) is 4.74 Å². The third-order valence-corrected chi connectivity index (χ3v) is 4.92. The standard InChI is InChI=1S/C22H26N4O7S/c1-12(20(30)32-5)23-17(28)15(10-27)25-18(29)16-11-34-19(26-16)13-6-8-14(9-7-13)24-21(31)33-22(2,3)4/h6-9,11,15,27H,1,10H2,2-5H3,(H,23,28)(H,24,31)(H,25,29). The summed E-state index contributed by atoms with van der Waals surface area (Å²) in [6.45, 7) is 7.93. The summed E-state index contributed by atoms with van der Waals surface area (Å²) in [4.78, 5) is 52.1. The van der Waals surface area contributed by atoms with Crippen molar-refractivity contribution in [2.24, 2.45) is 0 Å². The van der Waals surface area contributed by atoms with Gasteiger partial charge in [-0.15, -0.1) is 11.3 Å². The second-order valence-corrected chi connectivity index (χ2v) is 8.77. The monoisotopic (exact) mass is 490 g/mol. The van der Waals surface area contributed by atoms with E-state index < -0.39 is 42.1 Å². The molecule has 34 heavy (non-hydrogen) atoms. The van der Waals surface area contributed by atoms with Crippen LogP contribution in [0.3, 0.4) is 0 Å². The highest BCUT2D eigenvalue weighted by atomic mass is 32.1. The molecule has 0 bridgehead atoms. The van der Waals surface area contributed by atoms with Crippen LogP contribution in [0.15, 0.2) is 41.9 Å². The van der Waals surface area contributed by atoms with Crippen LogP contribution in [0.5, 0.6) is 0 Å². The van der Waals surface area contributed by atoms with Gasteiger partial charge in [0.15, 0.2) is 0 Å². The number of nitrogens with zero attached hydrogens (tertiary/aromatic N) is 1. The lowest BCUT2D eigenvalue weighted by atomic mass is 10.2. The van der Waals surface area contributed by atoms with Crippen molar-refractivity contribution in [3.05, 3.63) is 47.6 Å². The van der Waals surface area contributed by atoms with Crippen molar-refractivity contribution in [2.45, 2.75) is 32.4 Å². The molecule has 2 rings (SSSR count). The van der Waals surface area contributed by atoms with Gasteiger partial charge in [0, 0.05) is 16.6 Å². The Balaban J connectivity index is 2.01. The highest BCUT2D eigenvalue weighted by molar-refractivity contribution is 7.13. The first-order valence-electron chi connectivity index (χ1n) is 9.99. The van der Waals surface area contributed by atoms with E-state index >= 15 is 0 Å². The van der Waals surface area contributed by atoms with Crippen LogP contribution in [0.2, 0.25) is 0 Å². The van der Waals surface area contributed by atoms with E-state index in [0.29, 0.717) is 16.3 Å². The topological polar surface area (TPSA) is 156 Å². The molecule has 0 spiro atoms. The molecule has 1 aromatic heterocycles. The summed E-state index contributed by atoms with van der Waals surface area (Å²) < 4.78 is 9.63. The van der Waals surface area contributed by atoms with Crippen LogP contribution in [0.25, 0.3) is 10.6 Å². The number of rotatable bonds is 8. The maximum absolute atomic E-state index is 12.5. The third-order valence-electron chi connectivity index (χ3n) is 4.02. The van der Waals surface area contributed by atoms with Gasteiger partial charge in [0.1, 0.15) is 28.0 Å². The van der Waals surface area contributed by atoms with Crippen LogP contribution in [0.4, 0.5) is 10.5 Å². The molecule has 3 amide bonds. The lowest BCUT2D eigenvalue weighted by molar-refractivity contribution is -0.138. The van der Waals surface area contributed by atoms with Crippen LogP contribution in [-0.2, 0) is 19.1 Å². The van der Waals surface area contributed by atoms with Gasteiger partial charge in [0.2, 0.25) is 5.91 Å². The molecule has 0 radical (unpaired) electrons. The molecule has 0 fully saturated rings. The second-order valence-electron chi connectivity index (χ2n) is 7.91. The quantitative estimate of drug-likeness (QED) is 0.324. The largest absolute Gasteiger partial charge is 0.464 e. The molecular weight excluding hydrogens is 464 g/mol. The lowest BCUT2D eigenvalue weighted by Crippen LogP contribution is -2.49. The van der Waals surface area contributed by atoms with Crippen LogP contribution in [-0.4, -0.2) is 59.3 Å². The minimum atomic E-state index is -1.34. The molecule has 0 aliphatic heterocycles. The van der Waals surface area contributed by atoms with Gasteiger partial charge in [-0.25, -0.2) is 14.6 Å². The zero-order chi connectivity index (χ0) is 25.5. The van der Waals surface area contributed by atoms with E-state index in [1.165, 1.54) is 16.7 Å². The Morgan fingerprint density at radius 3 is 2.38 bits per heavy atom. The number of carbonyl (C=O) groups is 4. The second kappa shape index (κ2) is 11.4.